The molecule has 0 atom stereocenters. The Morgan fingerprint density at radius 1 is 1.33 bits per heavy atom. The van der Waals surface area contributed by atoms with Gasteiger partial charge in [-0.15, -0.1) is 37.2 Å². The van der Waals surface area contributed by atoms with Crippen LogP contribution in [0.2, 0.25) is 4.13 Å². The zero-order valence-corrected chi connectivity index (χ0v) is 12.0. The van der Waals surface area contributed by atoms with Crippen LogP contribution < -0.4 is 0 Å². The van der Waals surface area contributed by atoms with Gasteiger partial charge in [0.25, 0.3) is 0 Å². The zero-order valence-electron chi connectivity index (χ0n) is 7.08. The number of hydrogen-bond acceptors (Lipinski definition) is 0. The van der Waals surface area contributed by atoms with Crippen LogP contribution in [0.25, 0.3) is 0 Å². The predicted molar refractivity (Wildman–Crippen MR) is 58.7 cm³/mol. The molecule has 72 valence electrons. The van der Waals surface area contributed by atoms with Gasteiger partial charge < -0.3 is 0 Å². The maximum absolute atomic E-state index is 2.32. The van der Waals surface area contributed by atoms with Crippen molar-refractivity contribution in [2.24, 2.45) is 0 Å². The average molecular weight is 309 g/mol. The fourth-order valence-corrected chi connectivity index (χ4v) is 3.44. The summed E-state index contributed by atoms with van der Waals surface area (Å²) in [4.78, 5) is 0. The molecule has 1 aliphatic rings. The van der Waals surface area contributed by atoms with Crippen molar-refractivity contribution in [1.29, 1.82) is 0 Å². The van der Waals surface area contributed by atoms with Crippen molar-refractivity contribution in [3.63, 3.8) is 0 Å². The van der Waals surface area contributed by atoms with Gasteiger partial charge in [0.05, 0.1) is 0 Å². The van der Waals surface area contributed by atoms with Crippen molar-refractivity contribution in [3.05, 3.63) is 21.5 Å². The van der Waals surface area contributed by atoms with Crippen LogP contribution in [0, 0.1) is 0 Å². The summed E-state index contributed by atoms with van der Waals surface area (Å²) >= 11 is -0.0651. The first-order valence-electron chi connectivity index (χ1n) is 3.53. The molecule has 0 amide bonds. The van der Waals surface area contributed by atoms with E-state index < -0.39 is 0 Å². The van der Waals surface area contributed by atoms with Gasteiger partial charge >= 0.3 is 68.6 Å². The van der Waals surface area contributed by atoms with Crippen LogP contribution in [0.5, 0.6) is 0 Å². The molecule has 0 aromatic heterocycles. The summed E-state index contributed by atoms with van der Waals surface area (Å²) in [6.45, 7) is 2.28. The molecule has 0 fully saturated rings. The fourth-order valence-electron chi connectivity index (χ4n) is 0.864. The Bertz CT molecular complexity index is 143. The van der Waals surface area contributed by atoms with Crippen LogP contribution in [0.3, 0.4) is 0 Å². The second-order valence-corrected chi connectivity index (χ2v) is 5.93. The third kappa shape index (κ3) is 7.86. The fraction of sp³-hybridized carbons (Fsp3) is 0.500. The number of allylic oxidation sites excluding steroid dienone is 4. The summed E-state index contributed by atoms with van der Waals surface area (Å²) in [6.07, 6.45) is 9.47. The maximum atomic E-state index is 2.32. The van der Waals surface area contributed by atoms with E-state index in [-0.39, 0.29) is 60.5 Å². The van der Waals surface area contributed by atoms with Crippen molar-refractivity contribution in [1.82, 2.24) is 0 Å². The molecule has 0 aromatic carbocycles. The summed E-state index contributed by atoms with van der Waals surface area (Å²) in [6, 6.07) is 0. The molecule has 0 unspecified atom stereocenters. The second-order valence-electron chi connectivity index (χ2n) is 2.25. The van der Waals surface area contributed by atoms with Crippen molar-refractivity contribution in [2.75, 3.05) is 0 Å². The molecule has 12 heavy (non-hydrogen) atoms. The molecule has 1 rings (SSSR count). The minimum absolute atomic E-state index is 0. The first-order chi connectivity index (χ1) is 4.43. The van der Waals surface area contributed by atoms with Gasteiger partial charge in [0.15, 0.2) is 0 Å². The van der Waals surface area contributed by atoms with Gasteiger partial charge in [-0.05, 0) is 0 Å². The van der Waals surface area contributed by atoms with Gasteiger partial charge in [-0.1, -0.05) is 0 Å². The Morgan fingerprint density at radius 3 is 2.42 bits per heavy atom. The molecular weight excluding hydrogens is 294 g/mol. The first-order valence-corrected chi connectivity index (χ1v) is 6.49. The van der Waals surface area contributed by atoms with Crippen molar-refractivity contribution < 1.29 is 23.2 Å². The number of rotatable bonds is 3. The minimum Gasteiger partial charge on any atom is -0.147 e. The summed E-state index contributed by atoms with van der Waals surface area (Å²) in [5, 5.41) is 0. The summed E-state index contributed by atoms with van der Waals surface area (Å²) in [5.41, 5.74) is 0. The van der Waals surface area contributed by atoms with E-state index in [4.69, 9.17) is 0 Å². The molecule has 0 radical (unpaired) electrons. The van der Waals surface area contributed by atoms with Crippen molar-refractivity contribution in [2.45, 2.75) is 23.9 Å². The molecule has 1 aliphatic carbocycles. The molecule has 4 heteroatoms. The van der Waals surface area contributed by atoms with Gasteiger partial charge in [-0.25, -0.2) is 0 Å². The second kappa shape index (κ2) is 12.2. The van der Waals surface area contributed by atoms with Crippen LogP contribution in [0.1, 0.15) is 19.8 Å². The quantitative estimate of drug-likeness (QED) is 0.739. The zero-order chi connectivity index (χ0) is 6.53. The Balaban J connectivity index is -0.000000270. The van der Waals surface area contributed by atoms with Crippen LogP contribution >= 0.6 is 37.2 Å². The summed E-state index contributed by atoms with van der Waals surface area (Å²) in [7, 11) is 0. The first kappa shape index (κ1) is 18.9. The smallest absolute Gasteiger partial charge is 0.147 e. The molecule has 0 nitrogen and oxygen atoms in total. The summed E-state index contributed by atoms with van der Waals surface area (Å²) < 4.78 is 3.30. The largest absolute Gasteiger partial charge is 0.147 e. The van der Waals surface area contributed by atoms with E-state index in [2.05, 4.69) is 25.2 Å². The molecule has 0 aromatic rings. The van der Waals surface area contributed by atoms with Crippen LogP contribution in [0.4, 0.5) is 0 Å². The Morgan fingerprint density at radius 2 is 2.00 bits per heavy atom. The normalized spacial score (nSPS) is 11.9. The van der Waals surface area contributed by atoms with Crippen molar-refractivity contribution in [3.8, 4) is 0 Å². The maximum Gasteiger partial charge on any atom is -0.147 e. The van der Waals surface area contributed by atoms with Gasteiger partial charge in [-0.3, -0.25) is 0 Å². The van der Waals surface area contributed by atoms with E-state index >= 15 is 0 Å². The van der Waals surface area contributed by atoms with Crippen molar-refractivity contribution >= 4 is 37.2 Å². The van der Waals surface area contributed by atoms with Gasteiger partial charge in [-0.2, -0.15) is 0 Å². The van der Waals surface area contributed by atoms with E-state index in [1.807, 2.05) is 0 Å². The van der Waals surface area contributed by atoms with E-state index in [1.54, 1.807) is 3.28 Å². The van der Waals surface area contributed by atoms with E-state index in [1.165, 1.54) is 17.0 Å². The Kier molecular flexibility index (Phi) is 19.3. The molecule has 0 saturated heterocycles. The third-order valence-electron chi connectivity index (χ3n) is 1.37. The average Bonchev–Trinajstić information content (AvgIpc) is 2.34. The third-order valence-corrected chi connectivity index (χ3v) is 5.24. The summed E-state index contributed by atoms with van der Waals surface area (Å²) in [5.74, 6) is 0. The van der Waals surface area contributed by atoms with Crippen LogP contribution in [0.15, 0.2) is 21.5 Å². The van der Waals surface area contributed by atoms with Gasteiger partial charge in [0, 0.05) is 0 Å². The van der Waals surface area contributed by atoms with E-state index in [9.17, 15) is 0 Å². The standard InChI is InChI=1S/C5H5.C3H7.3ClH.Zr/c1-2-4-5-3-1;1-3-2;;;;/h1-3H,4H2;1,3H2,2H3;3*1H;. The van der Waals surface area contributed by atoms with Crippen LogP contribution in [-0.4, -0.2) is 0 Å². The molecule has 0 aliphatic heterocycles. The Hall–Kier alpha value is 1.23. The minimum atomic E-state index is -0.0651. The molecular formula is C8H15Cl3Zr. The van der Waals surface area contributed by atoms with Gasteiger partial charge in [0.1, 0.15) is 0 Å². The molecule has 0 bridgehead atoms. The van der Waals surface area contributed by atoms with Crippen LogP contribution in [-0.2, 0) is 23.2 Å². The Labute approximate surface area is 105 Å². The molecule has 0 saturated carbocycles. The number of hydrogen-bond donors (Lipinski definition) is 0. The molecule has 0 N–H and O–H groups in total. The monoisotopic (exact) mass is 306 g/mol. The topological polar surface area (TPSA) is 0 Å². The SMILES string of the molecule is CC[CH2][Zr][C]1=CC=CC1.Cl.Cl.Cl. The van der Waals surface area contributed by atoms with E-state index in [0.29, 0.717) is 0 Å². The molecule has 0 heterocycles. The number of halogens is 3. The predicted octanol–water partition coefficient (Wildman–Crippen LogP) is 4.01. The molecule has 0 spiro atoms. The van der Waals surface area contributed by atoms with E-state index in [0.717, 1.165) is 0 Å². The van der Waals surface area contributed by atoms with Gasteiger partial charge in [0.2, 0.25) is 0 Å².